The highest BCUT2D eigenvalue weighted by Gasteiger charge is 2.38. The first kappa shape index (κ1) is 109. The van der Waals surface area contributed by atoms with Crippen LogP contribution in [0.5, 0.6) is 5.75 Å². The summed E-state index contributed by atoms with van der Waals surface area (Å²) >= 11 is 3.96. The van der Waals surface area contributed by atoms with Crippen LogP contribution in [0.4, 0.5) is 0 Å². The molecule has 3 rings (SSSR count). The summed E-state index contributed by atoms with van der Waals surface area (Å²) in [6.45, 7) is 6.70. The van der Waals surface area contributed by atoms with Crippen LogP contribution in [0.1, 0.15) is 142 Å². The highest BCUT2D eigenvalue weighted by molar-refractivity contribution is 7.80. The number of carbonyl (C=O) groups excluding carboxylic acids is 14. The molecule has 0 aliphatic rings. The molecule has 2 aromatic carbocycles. The molecule has 49 heteroatoms. The number of nitrogens with one attached hydrogen (secondary N) is 24. The van der Waals surface area contributed by atoms with E-state index >= 15 is 19.2 Å². The number of primary amides is 1. The molecule has 3 aromatic rings. The fourth-order valence-electron chi connectivity index (χ4n) is 12.9. The Morgan fingerprint density at radius 1 is 0.422 bits per heavy atom. The molecule has 0 aliphatic carbocycles. The number of rotatable bonds is 61. The van der Waals surface area contributed by atoms with Crippen LogP contribution in [-0.2, 0) is 80.0 Å². The predicted octanol–water partition coefficient (Wildman–Crippen LogP) is -8.12. The standard InChI is InChI=1S/C79H134N32O16S/c1-6-42(4)61(74(127)102-50(62(82)115)19-11-29-93-75(83)84)111-70(123)55(23-15-33-97-79(91)92)103-67(120)53(21-13-31-95-77(87)88)105-72(125)57(35-44-24-26-46(113)27-25-44)108-69(122)54(22-14-32-96-78(89)90)106-73(126)58(36-45-37-98-49-17-8-7-16-47(45)49)109-68(121)52(18-9-10-28-80)104-71(124)56(34-41(2)3)107-66(119)51(20-12-30-94-76(85)86)101-60(114)38-99-65(118)59(39-112)110-63(116)43(5)100-64(117)48(81)40-128/h7-8,16-17,24-27,37,41-43,48,50-59,61,98,112-113,128H,6,9-15,18-23,28-36,38-40,80-81H2,1-5H3,(H2,82,115)(H,99,118)(H,100,117)(H,101,114)(H,102,127)(H,103,120)(H,104,124)(H,105,125)(H,106,126)(H,107,119)(H,108,122)(H,109,121)(H,110,116)(H,111,123)(H4,83,84,93)(H4,85,86,94)(H4,87,88,95)(H4,89,90,96)(H4,91,92,97)/t42-,43-,48-,50-,51-,52-,53-,54-,55-,56-,57-,58-,59-,61-/m0/s1. The van der Waals surface area contributed by atoms with Crippen LogP contribution >= 0.6 is 12.6 Å². The van der Waals surface area contributed by atoms with Crippen molar-refractivity contribution < 1.29 is 77.3 Å². The number of aromatic amines is 1. The van der Waals surface area contributed by atoms with Crippen LogP contribution in [-0.4, -0.2) is 264 Å². The van der Waals surface area contributed by atoms with Gasteiger partial charge in [0.2, 0.25) is 82.7 Å². The lowest BCUT2D eigenvalue weighted by atomic mass is 9.96. The van der Waals surface area contributed by atoms with Crippen molar-refractivity contribution in [2.75, 3.05) is 58.2 Å². The number of guanidine groups is 5. The summed E-state index contributed by atoms with van der Waals surface area (Å²) in [6.07, 6.45) is 1.25. The SMILES string of the molecule is CC[C@H](C)[C@H](NC(=O)[C@H](CCCNC(=N)N)NC(=O)[C@H](CCCNC(=N)N)NC(=O)[C@H](Cc1ccc(O)cc1)NC(=O)[C@H](CCCNC(=N)N)NC(=O)[C@H](Cc1c[nH]c2ccccc12)NC(=O)[C@H](CCCCN)NC(=O)[C@H](CC(C)C)NC(=O)[C@H](CCCNC(=N)N)NC(=O)CNC(=O)[C@H](CO)NC(=O)[C@H](C)NC(=O)[C@@H](N)CS)C(=O)N[C@@H](CCCNC(=N)N)C(N)=O. The number of hydrogen-bond acceptors (Lipinski definition) is 24. The molecule has 0 spiro atoms. The van der Waals surface area contributed by atoms with Gasteiger partial charge in [-0.05, 0) is 145 Å². The summed E-state index contributed by atoms with van der Waals surface area (Å²) in [6, 6.07) is -6.34. The van der Waals surface area contributed by atoms with E-state index in [4.69, 9.17) is 72.9 Å². The molecule has 0 saturated heterocycles. The second kappa shape index (κ2) is 58.3. The Morgan fingerprint density at radius 3 is 1.23 bits per heavy atom. The third-order valence-electron chi connectivity index (χ3n) is 20.1. The smallest absolute Gasteiger partial charge is 0.245 e. The number of amides is 14. The van der Waals surface area contributed by atoms with Gasteiger partial charge in [0.15, 0.2) is 29.8 Å². The van der Waals surface area contributed by atoms with Gasteiger partial charge in [-0.15, -0.1) is 0 Å². The topological polar surface area (TPSA) is 839 Å². The summed E-state index contributed by atoms with van der Waals surface area (Å²) < 4.78 is 0. The molecular weight excluding hydrogens is 1690 g/mol. The number of nitrogens with two attached hydrogens (primary N) is 8. The fourth-order valence-corrected chi connectivity index (χ4v) is 13.1. The first-order chi connectivity index (χ1) is 60.6. The number of H-pyrrole nitrogens is 1. The van der Waals surface area contributed by atoms with E-state index in [1.54, 1.807) is 58.2 Å². The second-order valence-electron chi connectivity index (χ2n) is 31.1. The van der Waals surface area contributed by atoms with Crippen molar-refractivity contribution in [1.29, 1.82) is 27.0 Å². The van der Waals surface area contributed by atoms with Gasteiger partial charge in [-0.25, -0.2) is 0 Å². The lowest BCUT2D eigenvalue weighted by molar-refractivity contribution is -0.136. The number of phenols is 1. The van der Waals surface area contributed by atoms with E-state index in [0.29, 0.717) is 34.9 Å². The van der Waals surface area contributed by atoms with Gasteiger partial charge < -0.3 is 157 Å². The highest BCUT2D eigenvalue weighted by Crippen LogP contribution is 2.21. The molecule has 0 bridgehead atoms. The highest BCUT2D eigenvalue weighted by atomic mass is 32.1. The Bertz CT molecular complexity index is 4220. The maximum Gasteiger partial charge on any atom is 0.245 e. The van der Waals surface area contributed by atoms with Gasteiger partial charge in [-0.1, -0.05) is 64.4 Å². The summed E-state index contributed by atoms with van der Waals surface area (Å²) in [4.78, 5) is 202. The number of aliphatic hydroxyl groups excluding tert-OH is 1. The van der Waals surface area contributed by atoms with Gasteiger partial charge in [0.1, 0.15) is 78.3 Å². The third kappa shape index (κ3) is 41.8. The molecule has 0 aliphatic heterocycles. The second-order valence-corrected chi connectivity index (χ2v) is 31.5. The molecule has 14 atom stereocenters. The number of benzene rings is 2. The van der Waals surface area contributed by atoms with E-state index in [1.165, 1.54) is 31.2 Å². The molecule has 14 amide bonds. The molecule has 712 valence electrons. The van der Waals surface area contributed by atoms with Crippen molar-refractivity contribution in [1.82, 2.24) is 101 Å². The van der Waals surface area contributed by atoms with Crippen molar-refractivity contribution in [3.05, 3.63) is 65.9 Å². The lowest BCUT2D eigenvalue weighted by Crippen LogP contribution is -2.61. The number of aliphatic hydroxyl groups is 1. The monoisotopic (exact) mass is 1820 g/mol. The van der Waals surface area contributed by atoms with Crippen LogP contribution in [0, 0.1) is 38.9 Å². The Hall–Kier alpha value is -13.1. The minimum atomic E-state index is -1.67. The van der Waals surface area contributed by atoms with Gasteiger partial charge in [0.25, 0.3) is 0 Å². The number of aromatic nitrogens is 1. The molecule has 1 heterocycles. The zero-order valence-electron chi connectivity index (χ0n) is 72.9. The average Bonchev–Trinajstić information content (AvgIpc) is 1.70. The number of phenolic OH excluding ortho intramolecular Hbond substituents is 1. The van der Waals surface area contributed by atoms with Crippen LogP contribution < -0.4 is 142 Å². The van der Waals surface area contributed by atoms with E-state index in [1.807, 2.05) is 0 Å². The van der Waals surface area contributed by atoms with Crippen molar-refractivity contribution >= 4 is 136 Å². The zero-order chi connectivity index (χ0) is 95.7. The molecule has 0 saturated carbocycles. The van der Waals surface area contributed by atoms with Crippen LogP contribution in [0.3, 0.4) is 0 Å². The fraction of sp³-hybridized carbons (Fsp3) is 0.582. The van der Waals surface area contributed by atoms with E-state index < -0.39 is 204 Å². The molecule has 0 unspecified atom stereocenters. The Kier molecular flexibility index (Phi) is 49.7. The number of unbranched alkanes of at least 4 members (excludes halogenated alkanes) is 1. The number of para-hydroxylation sites is 1. The minimum Gasteiger partial charge on any atom is -0.508 e. The average molecular weight is 1820 g/mol. The molecule has 0 radical (unpaired) electrons. The Labute approximate surface area is 747 Å². The van der Waals surface area contributed by atoms with Gasteiger partial charge in [0, 0.05) is 68.4 Å². The van der Waals surface area contributed by atoms with E-state index in [0.717, 1.165) is 0 Å². The van der Waals surface area contributed by atoms with Crippen molar-refractivity contribution in [2.45, 2.75) is 222 Å². The number of thiol groups is 1. The van der Waals surface area contributed by atoms with Gasteiger partial charge in [0.05, 0.1) is 19.2 Å². The number of aromatic hydroxyl groups is 1. The molecule has 0 fully saturated rings. The van der Waals surface area contributed by atoms with Crippen molar-refractivity contribution in [2.24, 2.45) is 57.7 Å². The summed E-state index contributed by atoms with van der Waals surface area (Å²) in [7, 11) is 0. The third-order valence-corrected chi connectivity index (χ3v) is 20.5. The Morgan fingerprint density at radius 2 is 0.805 bits per heavy atom. The van der Waals surface area contributed by atoms with Gasteiger partial charge in [-0.3, -0.25) is 94.2 Å². The predicted molar refractivity (Wildman–Crippen MR) is 481 cm³/mol. The molecule has 42 N–H and O–H groups in total. The molecule has 128 heavy (non-hydrogen) atoms. The first-order valence-corrected chi connectivity index (χ1v) is 42.9. The van der Waals surface area contributed by atoms with Crippen molar-refractivity contribution in [3.8, 4) is 5.75 Å². The largest absolute Gasteiger partial charge is 0.508 e. The van der Waals surface area contributed by atoms with Gasteiger partial charge >= 0.3 is 0 Å². The normalized spacial score (nSPS) is 14.3. The summed E-state index contributed by atoms with van der Waals surface area (Å²) in [5.74, 6) is -16.1. The quantitative estimate of drug-likeness (QED) is 0.0108. The zero-order valence-corrected chi connectivity index (χ0v) is 73.8. The molecular formula is C79H134N32O16S. The Balaban J connectivity index is 2.16. The summed E-state index contributed by atoms with van der Waals surface area (Å²) in [5.41, 5.74) is 46.5. The molecule has 1 aromatic heterocycles. The first-order valence-electron chi connectivity index (χ1n) is 42.2. The van der Waals surface area contributed by atoms with E-state index in [-0.39, 0.29) is 159 Å². The summed E-state index contributed by atoms with van der Waals surface area (Å²) in [5, 5.41) is 106. The maximum absolute atomic E-state index is 15.5. The van der Waals surface area contributed by atoms with Crippen LogP contribution in [0.2, 0.25) is 0 Å². The number of hydrogen-bond donors (Lipinski definition) is 35. The van der Waals surface area contributed by atoms with E-state index in [9.17, 15) is 58.2 Å². The van der Waals surface area contributed by atoms with E-state index in [2.05, 4.69) is 113 Å². The van der Waals surface area contributed by atoms with Crippen LogP contribution in [0.25, 0.3) is 10.9 Å². The van der Waals surface area contributed by atoms with Crippen LogP contribution in [0.15, 0.2) is 54.7 Å². The maximum atomic E-state index is 15.5. The minimum absolute atomic E-state index is 0.00138. The number of fused-ring (bicyclic) bond motifs is 1. The lowest BCUT2D eigenvalue weighted by Gasteiger charge is -2.29. The molecule has 48 nitrogen and oxygen atoms in total. The number of carbonyl (C=O) groups is 14. The van der Waals surface area contributed by atoms with Crippen molar-refractivity contribution in [3.63, 3.8) is 0 Å². The van der Waals surface area contributed by atoms with Gasteiger partial charge in [-0.2, -0.15) is 12.6 Å².